The van der Waals surface area contributed by atoms with Gasteiger partial charge in [-0.1, -0.05) is 23.4 Å². The first-order valence-electron chi connectivity index (χ1n) is 8.56. The van der Waals surface area contributed by atoms with Gasteiger partial charge < -0.3 is 14.6 Å². The van der Waals surface area contributed by atoms with Gasteiger partial charge in [-0.3, -0.25) is 14.9 Å². The van der Waals surface area contributed by atoms with Gasteiger partial charge in [0.1, 0.15) is 23.8 Å². The molecule has 3 aromatic rings. The number of carbonyl (C=O) groups is 1. The van der Waals surface area contributed by atoms with Crippen LogP contribution in [0.1, 0.15) is 32.9 Å². The molecule has 0 bridgehead atoms. The van der Waals surface area contributed by atoms with Crippen molar-refractivity contribution in [3.63, 3.8) is 0 Å². The molecular weight excluding hydrogens is 362 g/mol. The zero-order chi connectivity index (χ0) is 20.3. The second kappa shape index (κ2) is 7.91. The molecule has 8 heteroatoms. The lowest BCUT2D eigenvalue weighted by Gasteiger charge is -2.08. The van der Waals surface area contributed by atoms with Crippen molar-refractivity contribution >= 4 is 17.3 Å². The summed E-state index contributed by atoms with van der Waals surface area (Å²) in [6, 6.07) is 12.1. The average Bonchev–Trinajstić information content (AvgIpc) is 3.02. The number of nitro benzene ring substituents is 1. The van der Waals surface area contributed by atoms with E-state index in [1.165, 1.54) is 12.1 Å². The van der Waals surface area contributed by atoms with Crippen LogP contribution >= 0.6 is 0 Å². The average molecular weight is 381 g/mol. The molecule has 0 atom stereocenters. The van der Waals surface area contributed by atoms with Crippen LogP contribution in [0.3, 0.4) is 0 Å². The fourth-order valence-corrected chi connectivity index (χ4v) is 2.68. The number of hydrogen-bond donors (Lipinski definition) is 1. The highest BCUT2D eigenvalue weighted by molar-refractivity contribution is 6.05. The van der Waals surface area contributed by atoms with Crippen LogP contribution in [0.15, 0.2) is 47.0 Å². The predicted octanol–water partition coefficient (Wildman–Crippen LogP) is 4.34. The van der Waals surface area contributed by atoms with Gasteiger partial charge >= 0.3 is 0 Å². The van der Waals surface area contributed by atoms with Crippen molar-refractivity contribution in [2.75, 3.05) is 5.32 Å². The van der Waals surface area contributed by atoms with E-state index in [1.807, 2.05) is 31.2 Å². The normalized spacial score (nSPS) is 10.5. The van der Waals surface area contributed by atoms with Gasteiger partial charge in [0.15, 0.2) is 5.69 Å². The molecule has 3 rings (SSSR count). The number of anilines is 1. The minimum Gasteiger partial charge on any atom is -0.489 e. The lowest BCUT2D eigenvalue weighted by Crippen LogP contribution is -2.16. The molecule has 0 unspecified atom stereocenters. The highest BCUT2D eigenvalue weighted by Gasteiger charge is 2.23. The molecule has 1 aromatic heterocycles. The van der Waals surface area contributed by atoms with Crippen molar-refractivity contribution in [3.8, 4) is 5.75 Å². The Kier molecular flexibility index (Phi) is 5.39. The van der Waals surface area contributed by atoms with Crippen molar-refractivity contribution < 1.29 is 19.0 Å². The van der Waals surface area contributed by atoms with Crippen LogP contribution in [0.4, 0.5) is 11.4 Å². The molecule has 0 radical (unpaired) electrons. The number of aryl methyl sites for hydroxylation is 3. The highest BCUT2D eigenvalue weighted by atomic mass is 16.6. The fourth-order valence-electron chi connectivity index (χ4n) is 2.68. The van der Waals surface area contributed by atoms with Gasteiger partial charge in [-0.05, 0) is 50.1 Å². The molecule has 0 aliphatic heterocycles. The standard InChI is InChI=1S/C20H19N3O5/c1-12-5-4-6-15(9-12)27-11-16-14(3)28-22-19(16)20(24)21-17-8-7-13(2)10-18(17)23(25)26/h4-10H,11H2,1-3H3,(H,21,24). The SMILES string of the molecule is Cc1cccc(OCc2c(C(=O)Nc3ccc(C)cc3[N+](=O)[O-])noc2C)c1. The molecule has 0 saturated heterocycles. The number of nitrogens with zero attached hydrogens (tertiary/aromatic N) is 2. The summed E-state index contributed by atoms with van der Waals surface area (Å²) < 4.78 is 10.9. The number of benzene rings is 2. The molecule has 0 fully saturated rings. The number of ether oxygens (including phenoxy) is 1. The Morgan fingerprint density at radius 2 is 1.93 bits per heavy atom. The van der Waals surface area contributed by atoms with E-state index in [0.29, 0.717) is 22.6 Å². The third-order valence-corrected chi connectivity index (χ3v) is 4.17. The second-order valence-electron chi connectivity index (χ2n) is 6.40. The Morgan fingerprint density at radius 3 is 2.64 bits per heavy atom. The third kappa shape index (κ3) is 4.17. The summed E-state index contributed by atoms with van der Waals surface area (Å²) in [5.41, 5.74) is 2.17. The van der Waals surface area contributed by atoms with E-state index >= 15 is 0 Å². The molecule has 0 aliphatic carbocycles. The summed E-state index contributed by atoms with van der Waals surface area (Å²) in [4.78, 5) is 23.4. The Balaban J connectivity index is 1.81. The van der Waals surface area contributed by atoms with Crippen molar-refractivity contribution in [1.82, 2.24) is 5.16 Å². The van der Waals surface area contributed by atoms with Crippen molar-refractivity contribution in [1.29, 1.82) is 0 Å². The van der Waals surface area contributed by atoms with E-state index in [-0.39, 0.29) is 23.7 Å². The lowest BCUT2D eigenvalue weighted by atomic mass is 10.1. The summed E-state index contributed by atoms with van der Waals surface area (Å²) in [7, 11) is 0. The molecule has 0 saturated carbocycles. The Hall–Kier alpha value is -3.68. The van der Waals surface area contributed by atoms with E-state index in [0.717, 1.165) is 5.56 Å². The van der Waals surface area contributed by atoms with Crippen LogP contribution in [0, 0.1) is 30.9 Å². The Bertz CT molecular complexity index is 1040. The van der Waals surface area contributed by atoms with Gasteiger partial charge in [0.05, 0.1) is 10.5 Å². The van der Waals surface area contributed by atoms with E-state index in [9.17, 15) is 14.9 Å². The predicted molar refractivity (Wildman–Crippen MR) is 103 cm³/mol. The quantitative estimate of drug-likeness (QED) is 0.503. The van der Waals surface area contributed by atoms with Gasteiger partial charge in [0, 0.05) is 6.07 Å². The van der Waals surface area contributed by atoms with E-state index in [2.05, 4.69) is 10.5 Å². The minimum atomic E-state index is -0.605. The van der Waals surface area contributed by atoms with Crippen LogP contribution < -0.4 is 10.1 Å². The van der Waals surface area contributed by atoms with Crippen molar-refractivity contribution in [2.45, 2.75) is 27.4 Å². The summed E-state index contributed by atoms with van der Waals surface area (Å²) in [6.45, 7) is 5.44. The maximum atomic E-state index is 12.7. The third-order valence-electron chi connectivity index (χ3n) is 4.17. The van der Waals surface area contributed by atoms with Gasteiger partial charge in [0.25, 0.3) is 11.6 Å². The number of hydrogen-bond acceptors (Lipinski definition) is 6. The van der Waals surface area contributed by atoms with Crippen LogP contribution in [-0.2, 0) is 6.61 Å². The number of rotatable bonds is 6. The van der Waals surface area contributed by atoms with Crippen molar-refractivity contribution in [2.24, 2.45) is 0 Å². The second-order valence-corrected chi connectivity index (χ2v) is 6.40. The summed E-state index contributed by atoms with van der Waals surface area (Å²) in [5.74, 6) is 0.490. The van der Waals surface area contributed by atoms with Crippen LogP contribution in [0.5, 0.6) is 5.75 Å². The zero-order valence-corrected chi connectivity index (χ0v) is 15.7. The molecule has 28 heavy (non-hydrogen) atoms. The Labute approximate surface area is 161 Å². The van der Waals surface area contributed by atoms with E-state index in [4.69, 9.17) is 9.26 Å². The summed E-state index contributed by atoms with van der Waals surface area (Å²) >= 11 is 0. The molecule has 0 aliphatic rings. The molecule has 144 valence electrons. The molecule has 0 spiro atoms. The van der Waals surface area contributed by atoms with E-state index < -0.39 is 10.8 Å². The number of nitrogens with one attached hydrogen (secondary N) is 1. The van der Waals surface area contributed by atoms with Gasteiger partial charge in [0.2, 0.25) is 0 Å². The lowest BCUT2D eigenvalue weighted by molar-refractivity contribution is -0.384. The first kappa shape index (κ1) is 19.1. The number of carbonyl (C=O) groups excluding carboxylic acids is 1. The number of amides is 1. The largest absolute Gasteiger partial charge is 0.489 e. The fraction of sp³-hybridized carbons (Fsp3) is 0.200. The number of aromatic nitrogens is 1. The molecule has 2 aromatic carbocycles. The minimum absolute atomic E-state index is 0.0278. The summed E-state index contributed by atoms with van der Waals surface area (Å²) in [5, 5.41) is 17.6. The van der Waals surface area contributed by atoms with E-state index in [1.54, 1.807) is 19.9 Å². The Morgan fingerprint density at radius 1 is 1.18 bits per heavy atom. The molecule has 1 amide bonds. The van der Waals surface area contributed by atoms with Crippen LogP contribution in [0.25, 0.3) is 0 Å². The first-order chi connectivity index (χ1) is 13.3. The maximum Gasteiger partial charge on any atom is 0.293 e. The topological polar surface area (TPSA) is 108 Å². The van der Waals surface area contributed by atoms with Crippen LogP contribution in [0.2, 0.25) is 0 Å². The van der Waals surface area contributed by atoms with Crippen molar-refractivity contribution in [3.05, 3.63) is 80.7 Å². The van der Waals surface area contributed by atoms with Gasteiger partial charge in [-0.2, -0.15) is 0 Å². The number of nitro groups is 1. The van der Waals surface area contributed by atoms with Crippen LogP contribution in [-0.4, -0.2) is 16.0 Å². The maximum absolute atomic E-state index is 12.7. The summed E-state index contributed by atoms with van der Waals surface area (Å²) in [6.07, 6.45) is 0. The molecular formula is C20H19N3O5. The highest BCUT2D eigenvalue weighted by Crippen LogP contribution is 2.26. The molecule has 1 heterocycles. The molecule has 8 nitrogen and oxygen atoms in total. The zero-order valence-electron chi connectivity index (χ0n) is 15.7. The molecule has 1 N–H and O–H groups in total. The first-order valence-corrected chi connectivity index (χ1v) is 8.56. The van der Waals surface area contributed by atoms with Gasteiger partial charge in [-0.15, -0.1) is 0 Å². The van der Waals surface area contributed by atoms with Gasteiger partial charge in [-0.25, -0.2) is 0 Å². The smallest absolute Gasteiger partial charge is 0.293 e. The monoisotopic (exact) mass is 381 g/mol.